The molecule has 1 aromatic heterocycles. The average Bonchev–Trinajstić information content (AvgIpc) is 3.63. The second kappa shape index (κ2) is 13.9. The number of thioether (sulfide) groups is 1. The second-order valence-corrected chi connectivity index (χ2v) is 12.4. The van der Waals surface area contributed by atoms with Crippen molar-refractivity contribution < 1.29 is 27.5 Å². The predicted octanol–water partition coefficient (Wildman–Crippen LogP) is 8.20. The monoisotopic (exact) mass is 649 g/mol. The fourth-order valence-electron chi connectivity index (χ4n) is 5.46. The third-order valence-corrected chi connectivity index (χ3v) is 8.62. The van der Waals surface area contributed by atoms with Crippen LogP contribution in [-0.4, -0.2) is 43.9 Å². The molecule has 0 N–H and O–H groups in total. The molecule has 0 aliphatic carbocycles. The number of aliphatic imine (C=N–C) groups is 1. The van der Waals surface area contributed by atoms with E-state index in [1.807, 2.05) is 49.4 Å². The van der Waals surface area contributed by atoms with Crippen LogP contribution in [0.3, 0.4) is 0 Å². The maximum absolute atomic E-state index is 12.9. The molecule has 8 nitrogen and oxygen atoms in total. The van der Waals surface area contributed by atoms with Crippen molar-refractivity contribution in [2.24, 2.45) is 4.99 Å². The average molecular weight is 650 g/mol. The Bertz CT molecular complexity index is 1730. The first-order chi connectivity index (χ1) is 21.9. The van der Waals surface area contributed by atoms with E-state index in [4.69, 9.17) is 0 Å². The first-order valence-electron chi connectivity index (χ1n) is 14.9. The highest BCUT2D eigenvalue weighted by atomic mass is 32.2. The Morgan fingerprint density at radius 1 is 1.04 bits per heavy atom. The van der Waals surface area contributed by atoms with Crippen molar-refractivity contribution in [2.45, 2.75) is 65.2 Å². The molecule has 12 heteroatoms. The quantitative estimate of drug-likeness (QED) is 0.172. The third-order valence-electron chi connectivity index (χ3n) is 7.70. The Labute approximate surface area is 269 Å². The number of halogens is 3. The highest BCUT2D eigenvalue weighted by Crippen LogP contribution is 2.35. The summed E-state index contributed by atoms with van der Waals surface area (Å²) in [5.74, 6) is 0.513. The van der Waals surface area contributed by atoms with E-state index in [2.05, 4.69) is 40.6 Å². The lowest BCUT2D eigenvalue weighted by Crippen LogP contribution is -2.31. The number of amides is 2. The first kappa shape index (κ1) is 32.9. The highest BCUT2D eigenvalue weighted by molar-refractivity contribution is 8.15. The Morgan fingerprint density at radius 2 is 1.76 bits per heavy atom. The van der Waals surface area contributed by atoms with Crippen molar-refractivity contribution in [1.82, 2.24) is 14.8 Å². The van der Waals surface area contributed by atoms with Gasteiger partial charge in [-0.1, -0.05) is 68.9 Å². The van der Waals surface area contributed by atoms with Gasteiger partial charge in [0.25, 0.3) is 0 Å². The van der Waals surface area contributed by atoms with E-state index >= 15 is 0 Å². The molecule has 1 atom stereocenters. The van der Waals surface area contributed by atoms with Gasteiger partial charge in [0.2, 0.25) is 11.8 Å². The third kappa shape index (κ3) is 7.85. The largest absolute Gasteiger partial charge is 0.573 e. The number of carbonyl (C=O) groups is 2. The zero-order valence-corrected chi connectivity index (χ0v) is 26.7. The van der Waals surface area contributed by atoms with Crippen LogP contribution in [0.5, 0.6) is 5.75 Å². The van der Waals surface area contributed by atoms with E-state index in [0.29, 0.717) is 23.1 Å². The van der Waals surface area contributed by atoms with Gasteiger partial charge in [-0.05, 0) is 78.6 Å². The van der Waals surface area contributed by atoms with E-state index in [9.17, 15) is 22.8 Å². The van der Waals surface area contributed by atoms with Crippen molar-refractivity contribution >= 4 is 34.4 Å². The van der Waals surface area contributed by atoms with Gasteiger partial charge in [-0.3, -0.25) is 14.5 Å². The molecule has 0 saturated carbocycles. The molecule has 4 aromatic rings. The lowest BCUT2D eigenvalue weighted by atomic mass is 9.94. The summed E-state index contributed by atoms with van der Waals surface area (Å²) in [6.45, 7) is 8.31. The number of rotatable bonds is 10. The molecule has 0 radical (unpaired) electrons. The molecule has 240 valence electrons. The summed E-state index contributed by atoms with van der Waals surface area (Å²) in [5, 5.41) is 4.89. The number of hydrogen-bond donors (Lipinski definition) is 0. The molecule has 2 heterocycles. The number of ether oxygens (including phenoxy) is 1. The number of amidine groups is 1. The molecule has 0 spiro atoms. The highest BCUT2D eigenvalue weighted by Gasteiger charge is 2.33. The number of alkyl halides is 3. The van der Waals surface area contributed by atoms with E-state index in [1.165, 1.54) is 47.0 Å². The normalized spacial score (nSPS) is 15.2. The number of aryl methyl sites for hydroxylation is 1. The standard InChI is InChI=1S/C34H34F3N5O3S/c1-21(2)31-23(4)8-5-9-28(31)42-30(44)19-46-33(42)39-29(43)10-6-7-22(3)24-11-13-25(14-12-24)32-38-20-41(40-32)26-15-17-27(18-16-26)45-34(35,36)37/h5,8-9,11-18,20-22H,6-7,10,19H2,1-4H3. The van der Waals surface area contributed by atoms with Crippen LogP contribution in [0.15, 0.2) is 78.0 Å². The van der Waals surface area contributed by atoms with E-state index in [-0.39, 0.29) is 41.6 Å². The van der Waals surface area contributed by atoms with Gasteiger partial charge in [0.1, 0.15) is 12.1 Å². The van der Waals surface area contributed by atoms with E-state index < -0.39 is 6.36 Å². The van der Waals surface area contributed by atoms with Crippen LogP contribution < -0.4 is 9.64 Å². The summed E-state index contributed by atoms with van der Waals surface area (Å²) in [6.07, 6.45) is -1.55. The maximum atomic E-state index is 12.9. The molecule has 1 fully saturated rings. The van der Waals surface area contributed by atoms with Crippen molar-refractivity contribution in [1.29, 1.82) is 0 Å². The van der Waals surface area contributed by atoms with Gasteiger partial charge in [-0.15, -0.1) is 18.3 Å². The summed E-state index contributed by atoms with van der Waals surface area (Å²) in [4.78, 5) is 36.0. The minimum atomic E-state index is -4.75. The van der Waals surface area contributed by atoms with Crippen LogP contribution in [0.2, 0.25) is 0 Å². The van der Waals surface area contributed by atoms with Crippen LogP contribution in [-0.2, 0) is 9.59 Å². The molecule has 0 bridgehead atoms. The zero-order valence-electron chi connectivity index (χ0n) is 25.9. The van der Waals surface area contributed by atoms with Gasteiger partial charge in [-0.2, -0.15) is 4.99 Å². The topological polar surface area (TPSA) is 89.7 Å². The molecular formula is C34H34F3N5O3S. The number of benzene rings is 3. The summed E-state index contributed by atoms with van der Waals surface area (Å²) < 4.78 is 42.7. The molecule has 1 saturated heterocycles. The first-order valence-corrected chi connectivity index (χ1v) is 15.9. The minimum absolute atomic E-state index is 0.0725. The fraction of sp³-hybridized carbons (Fsp3) is 0.324. The van der Waals surface area contributed by atoms with Crippen molar-refractivity contribution in [3.05, 3.63) is 89.7 Å². The van der Waals surface area contributed by atoms with Crippen LogP contribution in [0, 0.1) is 6.92 Å². The van der Waals surface area contributed by atoms with Crippen molar-refractivity contribution in [3.8, 4) is 22.8 Å². The number of hydrogen-bond acceptors (Lipinski definition) is 6. The Morgan fingerprint density at radius 3 is 2.43 bits per heavy atom. The predicted molar refractivity (Wildman–Crippen MR) is 173 cm³/mol. The molecule has 46 heavy (non-hydrogen) atoms. The van der Waals surface area contributed by atoms with Crippen LogP contribution in [0.25, 0.3) is 17.1 Å². The van der Waals surface area contributed by atoms with Gasteiger partial charge in [0.15, 0.2) is 11.0 Å². The van der Waals surface area contributed by atoms with Crippen LogP contribution in [0.1, 0.15) is 68.6 Å². The van der Waals surface area contributed by atoms with E-state index in [0.717, 1.165) is 34.4 Å². The zero-order chi connectivity index (χ0) is 33.0. The summed E-state index contributed by atoms with van der Waals surface area (Å²) in [5.41, 5.74) is 5.41. The van der Waals surface area contributed by atoms with Gasteiger partial charge in [-0.25, -0.2) is 9.67 Å². The molecule has 1 aliphatic heterocycles. The molecule has 3 aromatic carbocycles. The smallest absolute Gasteiger partial charge is 0.406 e. The van der Waals surface area contributed by atoms with E-state index in [1.54, 1.807) is 4.90 Å². The Balaban J connectivity index is 1.16. The van der Waals surface area contributed by atoms with Crippen LogP contribution in [0.4, 0.5) is 18.9 Å². The fourth-order valence-corrected chi connectivity index (χ4v) is 6.34. The summed E-state index contributed by atoms with van der Waals surface area (Å²) >= 11 is 1.30. The van der Waals surface area contributed by atoms with Gasteiger partial charge in [0, 0.05) is 12.0 Å². The lowest BCUT2D eigenvalue weighted by molar-refractivity contribution is -0.274. The van der Waals surface area contributed by atoms with Gasteiger partial charge in [0.05, 0.1) is 17.1 Å². The maximum Gasteiger partial charge on any atom is 0.573 e. The molecule has 5 rings (SSSR count). The minimum Gasteiger partial charge on any atom is -0.406 e. The number of nitrogens with zero attached hydrogens (tertiary/aromatic N) is 5. The number of carbonyl (C=O) groups excluding carboxylic acids is 2. The van der Waals surface area contributed by atoms with Crippen molar-refractivity contribution in [2.75, 3.05) is 10.7 Å². The molecule has 1 unspecified atom stereocenters. The molecular weight excluding hydrogens is 615 g/mol. The van der Waals surface area contributed by atoms with Crippen molar-refractivity contribution in [3.63, 3.8) is 0 Å². The van der Waals surface area contributed by atoms with Gasteiger partial charge < -0.3 is 4.74 Å². The summed E-state index contributed by atoms with van der Waals surface area (Å²) in [7, 11) is 0. The Hall–Kier alpha value is -4.45. The SMILES string of the molecule is Cc1cccc(N2C(=O)CSC2=NC(=O)CCCC(C)c2ccc(-c3ncn(-c4ccc(OC(F)(F)F)cc4)n3)cc2)c1C(C)C. The molecule has 1 aliphatic rings. The lowest BCUT2D eigenvalue weighted by Gasteiger charge is -2.23. The summed E-state index contributed by atoms with van der Waals surface area (Å²) in [6, 6.07) is 19.1. The molecule has 2 amide bonds. The van der Waals surface area contributed by atoms with Crippen LogP contribution >= 0.6 is 11.8 Å². The second-order valence-electron chi connectivity index (χ2n) is 11.4. The number of anilines is 1. The van der Waals surface area contributed by atoms with Gasteiger partial charge >= 0.3 is 6.36 Å². The number of aromatic nitrogens is 3. The Kier molecular flexibility index (Phi) is 9.95.